The lowest BCUT2D eigenvalue weighted by Gasteiger charge is -2.39. The van der Waals surface area contributed by atoms with E-state index in [1.165, 1.54) is 6.07 Å². The first-order valence-electron chi connectivity index (χ1n) is 10.8. The largest absolute Gasteiger partial charge is 0.493 e. The summed E-state index contributed by atoms with van der Waals surface area (Å²) in [5.74, 6) is 1.72. The van der Waals surface area contributed by atoms with Gasteiger partial charge in [0, 0.05) is 43.6 Å². The van der Waals surface area contributed by atoms with Crippen molar-refractivity contribution in [3.63, 3.8) is 0 Å². The molecule has 0 spiro atoms. The van der Waals surface area contributed by atoms with Gasteiger partial charge in [-0.25, -0.2) is 15.0 Å². The molecule has 33 heavy (non-hydrogen) atoms. The van der Waals surface area contributed by atoms with Gasteiger partial charge in [0.1, 0.15) is 23.2 Å². The summed E-state index contributed by atoms with van der Waals surface area (Å²) in [6, 6.07) is 6.01. The van der Waals surface area contributed by atoms with Gasteiger partial charge in [0.25, 0.3) is 0 Å². The van der Waals surface area contributed by atoms with Crippen molar-refractivity contribution in [1.29, 1.82) is 0 Å². The van der Waals surface area contributed by atoms with Crippen LogP contribution in [0.4, 0.5) is 24.8 Å². The van der Waals surface area contributed by atoms with E-state index in [2.05, 4.69) is 20.2 Å². The zero-order valence-corrected chi connectivity index (χ0v) is 18.3. The van der Waals surface area contributed by atoms with E-state index >= 15 is 0 Å². The Bertz CT molecular complexity index is 1180. The summed E-state index contributed by atoms with van der Waals surface area (Å²) in [6.07, 6.45) is -2.12. The molecule has 0 aliphatic carbocycles. The molecule has 0 amide bonds. The number of anilines is 2. The molecule has 7 nitrogen and oxygen atoms in total. The van der Waals surface area contributed by atoms with E-state index in [-0.39, 0.29) is 30.9 Å². The van der Waals surface area contributed by atoms with Crippen LogP contribution in [-0.4, -0.2) is 47.9 Å². The smallest absolute Gasteiger partial charge is 0.419 e. The van der Waals surface area contributed by atoms with Crippen LogP contribution >= 0.6 is 0 Å². The minimum Gasteiger partial charge on any atom is -0.493 e. The van der Waals surface area contributed by atoms with Crippen LogP contribution in [0.25, 0.3) is 10.9 Å². The number of hydrogen-bond acceptors (Lipinski definition) is 7. The predicted octanol–water partition coefficient (Wildman–Crippen LogP) is 4.38. The molecule has 2 aliphatic heterocycles. The number of fused-ring (bicyclic) bond motifs is 5. The molecule has 2 aromatic heterocycles. The Morgan fingerprint density at radius 3 is 2.79 bits per heavy atom. The van der Waals surface area contributed by atoms with Crippen molar-refractivity contribution in [3.05, 3.63) is 47.4 Å². The van der Waals surface area contributed by atoms with Gasteiger partial charge in [0.05, 0.1) is 30.0 Å². The molecule has 0 radical (unpaired) electrons. The standard InChI is InChI=1S/C23H24F3N5O2/c1-13-6-7-33-20-14(4-3-5-17(20)23(24,25)26)9-28-22-16-8-19(31-11-15(12-31)32-2)27-10-18(16)29-21(13)30-22/h3-5,8,10,13,15H,6-7,9,11-12H2,1-2H3,(H,28,29,30). The maximum atomic E-state index is 13.6. The third-order valence-corrected chi connectivity index (χ3v) is 6.18. The topological polar surface area (TPSA) is 72.4 Å². The molecule has 2 bridgehead atoms. The number of methoxy groups -OCH3 is 1. The van der Waals surface area contributed by atoms with E-state index in [1.807, 2.05) is 13.0 Å². The van der Waals surface area contributed by atoms with E-state index in [0.29, 0.717) is 29.1 Å². The molecule has 1 aromatic carbocycles. The van der Waals surface area contributed by atoms with Crippen LogP contribution < -0.4 is 15.0 Å². The van der Waals surface area contributed by atoms with Crippen molar-refractivity contribution < 1.29 is 22.6 Å². The number of nitrogens with zero attached hydrogens (tertiary/aromatic N) is 4. The SMILES string of the molecule is COC1CN(c2cc3c4nc(nc3cn2)C(C)CCOc2c(cccc2C(F)(F)F)CN4)C1. The second-order valence-electron chi connectivity index (χ2n) is 8.44. The van der Waals surface area contributed by atoms with Crippen LogP contribution in [0.5, 0.6) is 5.75 Å². The molecule has 1 saturated heterocycles. The minimum absolute atomic E-state index is 0.105. The first kappa shape index (κ1) is 21.7. The molecule has 1 atom stereocenters. The summed E-state index contributed by atoms with van der Waals surface area (Å²) in [4.78, 5) is 16.1. The Hall–Kier alpha value is -3.14. The highest BCUT2D eigenvalue weighted by Crippen LogP contribution is 2.39. The number of benzene rings is 1. The Labute approximate surface area is 189 Å². The minimum atomic E-state index is -4.50. The predicted molar refractivity (Wildman–Crippen MR) is 118 cm³/mol. The fourth-order valence-corrected chi connectivity index (χ4v) is 4.10. The third-order valence-electron chi connectivity index (χ3n) is 6.18. The van der Waals surface area contributed by atoms with Crippen LogP contribution in [0.2, 0.25) is 0 Å². The molecule has 1 N–H and O–H groups in total. The summed E-state index contributed by atoms with van der Waals surface area (Å²) >= 11 is 0. The van der Waals surface area contributed by atoms with Crippen LogP contribution in [-0.2, 0) is 17.5 Å². The van der Waals surface area contributed by atoms with Gasteiger partial charge in [0.15, 0.2) is 0 Å². The van der Waals surface area contributed by atoms with Gasteiger partial charge in [-0.2, -0.15) is 13.2 Å². The highest BCUT2D eigenvalue weighted by molar-refractivity contribution is 5.90. The number of pyridine rings is 1. The maximum absolute atomic E-state index is 13.6. The molecule has 2 aliphatic rings. The summed E-state index contributed by atoms with van der Waals surface area (Å²) < 4.78 is 51.8. The lowest BCUT2D eigenvalue weighted by atomic mass is 10.1. The molecule has 3 aromatic rings. The number of halogens is 3. The van der Waals surface area contributed by atoms with Crippen molar-refractivity contribution in [2.24, 2.45) is 0 Å². The lowest BCUT2D eigenvalue weighted by molar-refractivity contribution is -0.139. The van der Waals surface area contributed by atoms with Crippen LogP contribution in [0, 0.1) is 0 Å². The molecule has 1 fully saturated rings. The van der Waals surface area contributed by atoms with E-state index < -0.39 is 11.7 Å². The number of aromatic nitrogens is 3. The average molecular weight is 459 g/mol. The number of ether oxygens (including phenoxy) is 2. The molecular weight excluding hydrogens is 435 g/mol. The Kier molecular flexibility index (Phi) is 5.48. The monoisotopic (exact) mass is 459 g/mol. The van der Waals surface area contributed by atoms with Crippen molar-refractivity contribution in [2.45, 2.75) is 38.1 Å². The van der Waals surface area contributed by atoms with Crippen molar-refractivity contribution in [2.75, 3.05) is 37.0 Å². The fraction of sp³-hybridized carbons (Fsp3) is 0.435. The molecule has 5 rings (SSSR count). The van der Waals surface area contributed by atoms with Crippen LogP contribution in [0.15, 0.2) is 30.5 Å². The molecule has 1 unspecified atom stereocenters. The van der Waals surface area contributed by atoms with Gasteiger partial charge >= 0.3 is 6.18 Å². The molecule has 0 saturated carbocycles. The average Bonchev–Trinajstić information content (AvgIpc) is 2.78. The summed E-state index contributed by atoms with van der Waals surface area (Å²) in [5.41, 5.74) is 0.340. The molecular formula is C23H24F3N5O2. The lowest BCUT2D eigenvalue weighted by Crippen LogP contribution is -2.52. The summed E-state index contributed by atoms with van der Waals surface area (Å²) in [7, 11) is 1.69. The Morgan fingerprint density at radius 1 is 1.21 bits per heavy atom. The zero-order valence-electron chi connectivity index (χ0n) is 18.3. The summed E-state index contributed by atoms with van der Waals surface area (Å²) in [5, 5.41) is 4.00. The zero-order chi connectivity index (χ0) is 23.2. The number of alkyl halides is 3. The van der Waals surface area contributed by atoms with Crippen LogP contribution in [0.1, 0.15) is 36.2 Å². The number of hydrogen-bond donors (Lipinski definition) is 1. The van der Waals surface area contributed by atoms with Gasteiger partial charge in [-0.05, 0) is 18.6 Å². The Balaban J connectivity index is 1.55. The second kappa shape index (κ2) is 8.33. The van der Waals surface area contributed by atoms with E-state index in [4.69, 9.17) is 14.5 Å². The molecule has 174 valence electrons. The van der Waals surface area contributed by atoms with Crippen molar-refractivity contribution >= 4 is 22.5 Å². The number of nitrogens with one attached hydrogen (secondary N) is 1. The van der Waals surface area contributed by atoms with Gasteiger partial charge in [-0.3, -0.25) is 0 Å². The Morgan fingerprint density at radius 2 is 2.03 bits per heavy atom. The second-order valence-corrected chi connectivity index (χ2v) is 8.44. The molecule has 4 heterocycles. The van der Waals surface area contributed by atoms with E-state index in [9.17, 15) is 13.2 Å². The summed E-state index contributed by atoms with van der Waals surface area (Å²) in [6.45, 7) is 3.70. The normalized spacial score (nSPS) is 19.2. The highest BCUT2D eigenvalue weighted by atomic mass is 19.4. The van der Waals surface area contributed by atoms with E-state index in [0.717, 1.165) is 30.4 Å². The van der Waals surface area contributed by atoms with Crippen molar-refractivity contribution in [3.8, 4) is 5.75 Å². The fourth-order valence-electron chi connectivity index (χ4n) is 4.10. The van der Waals surface area contributed by atoms with Gasteiger partial charge < -0.3 is 19.7 Å². The first-order valence-corrected chi connectivity index (χ1v) is 10.8. The quantitative estimate of drug-likeness (QED) is 0.610. The first-order chi connectivity index (χ1) is 15.8. The highest BCUT2D eigenvalue weighted by Gasteiger charge is 2.35. The van der Waals surface area contributed by atoms with Crippen LogP contribution in [0.3, 0.4) is 0 Å². The number of rotatable bonds is 2. The van der Waals surface area contributed by atoms with Gasteiger partial charge in [-0.1, -0.05) is 19.1 Å². The van der Waals surface area contributed by atoms with Gasteiger partial charge in [0.2, 0.25) is 0 Å². The third kappa shape index (κ3) is 4.15. The van der Waals surface area contributed by atoms with Gasteiger partial charge in [-0.15, -0.1) is 0 Å². The van der Waals surface area contributed by atoms with E-state index in [1.54, 1.807) is 19.4 Å². The maximum Gasteiger partial charge on any atom is 0.419 e. The molecule has 10 heteroatoms. The van der Waals surface area contributed by atoms with Crippen molar-refractivity contribution in [1.82, 2.24) is 15.0 Å². The number of para-hydroxylation sites is 1.